The van der Waals surface area contributed by atoms with E-state index in [4.69, 9.17) is 21.1 Å². The molecule has 1 N–H and O–H groups in total. The quantitative estimate of drug-likeness (QED) is 0.808. The Labute approximate surface area is 130 Å². The van der Waals surface area contributed by atoms with Crippen molar-refractivity contribution in [2.24, 2.45) is 0 Å². The Morgan fingerprint density at radius 1 is 1.05 bits per heavy atom. The van der Waals surface area contributed by atoms with Gasteiger partial charge in [-0.05, 0) is 43.3 Å². The van der Waals surface area contributed by atoms with Crippen molar-refractivity contribution < 1.29 is 9.47 Å². The van der Waals surface area contributed by atoms with Crippen LogP contribution in [0.2, 0.25) is 5.02 Å². The van der Waals surface area contributed by atoms with Gasteiger partial charge in [-0.15, -0.1) is 0 Å². The molecule has 0 heterocycles. The minimum absolute atomic E-state index is 0.591. The zero-order valence-corrected chi connectivity index (χ0v) is 13.1. The first-order valence-electron chi connectivity index (χ1n) is 7.07. The molecule has 0 atom stereocenters. The maximum Gasteiger partial charge on any atom is 0.169 e. The molecule has 0 aromatic heterocycles. The third-order valence-electron chi connectivity index (χ3n) is 2.91. The number of hydrogen-bond acceptors (Lipinski definition) is 3. The van der Waals surface area contributed by atoms with Crippen LogP contribution >= 0.6 is 11.6 Å². The summed E-state index contributed by atoms with van der Waals surface area (Å²) in [4.78, 5) is 0. The average Bonchev–Trinajstić information content (AvgIpc) is 2.49. The van der Waals surface area contributed by atoms with E-state index in [2.05, 4.69) is 12.2 Å². The van der Waals surface area contributed by atoms with E-state index in [0.29, 0.717) is 23.1 Å². The van der Waals surface area contributed by atoms with Crippen LogP contribution in [0.3, 0.4) is 0 Å². The zero-order chi connectivity index (χ0) is 15.1. The van der Waals surface area contributed by atoms with Crippen LogP contribution in [0, 0.1) is 0 Å². The van der Waals surface area contributed by atoms with Gasteiger partial charge >= 0.3 is 0 Å². The van der Waals surface area contributed by atoms with Crippen LogP contribution in [-0.2, 0) is 6.54 Å². The Hall–Kier alpha value is -1.71. The molecule has 0 saturated carbocycles. The van der Waals surface area contributed by atoms with Crippen LogP contribution < -0.4 is 14.8 Å². The lowest BCUT2D eigenvalue weighted by atomic mass is 10.2. The molecule has 0 radical (unpaired) electrons. The Morgan fingerprint density at radius 2 is 1.81 bits per heavy atom. The third-order valence-corrected chi connectivity index (χ3v) is 3.20. The number of hydrogen-bond donors (Lipinski definition) is 1. The van der Waals surface area contributed by atoms with Crippen molar-refractivity contribution in [2.45, 2.75) is 19.9 Å². The van der Waals surface area contributed by atoms with E-state index in [1.165, 1.54) is 0 Å². The summed E-state index contributed by atoms with van der Waals surface area (Å²) in [7, 11) is 1.90. The second-order valence-corrected chi connectivity index (χ2v) is 5.10. The zero-order valence-electron chi connectivity index (χ0n) is 12.4. The van der Waals surface area contributed by atoms with Crippen molar-refractivity contribution in [2.75, 3.05) is 13.7 Å². The predicted octanol–water partition coefficient (Wildman–Crippen LogP) is 4.64. The van der Waals surface area contributed by atoms with E-state index in [-0.39, 0.29) is 0 Å². The highest BCUT2D eigenvalue weighted by atomic mass is 35.5. The van der Waals surface area contributed by atoms with E-state index >= 15 is 0 Å². The Morgan fingerprint density at radius 3 is 2.48 bits per heavy atom. The number of ether oxygens (including phenoxy) is 2. The minimum atomic E-state index is 0.591. The van der Waals surface area contributed by atoms with Crippen LogP contribution in [0.1, 0.15) is 18.9 Å². The van der Waals surface area contributed by atoms with Gasteiger partial charge in [0.15, 0.2) is 11.5 Å². The second kappa shape index (κ2) is 7.91. The van der Waals surface area contributed by atoms with E-state index in [0.717, 1.165) is 24.3 Å². The smallest absolute Gasteiger partial charge is 0.169 e. The second-order valence-electron chi connectivity index (χ2n) is 4.69. The van der Waals surface area contributed by atoms with E-state index in [9.17, 15) is 0 Å². The van der Waals surface area contributed by atoms with E-state index < -0.39 is 0 Å². The summed E-state index contributed by atoms with van der Waals surface area (Å²) < 4.78 is 11.6. The van der Waals surface area contributed by atoms with E-state index in [1.54, 1.807) is 0 Å². The van der Waals surface area contributed by atoms with Crippen LogP contribution in [0.5, 0.6) is 17.2 Å². The number of para-hydroxylation sites is 2. The molecule has 0 aliphatic carbocycles. The number of halogens is 1. The van der Waals surface area contributed by atoms with E-state index in [1.807, 2.05) is 49.5 Å². The summed E-state index contributed by atoms with van der Waals surface area (Å²) in [6.45, 7) is 3.51. The lowest BCUT2D eigenvalue weighted by Crippen LogP contribution is -2.04. The first kappa shape index (κ1) is 15.7. The molecule has 0 fully saturated rings. The predicted molar refractivity (Wildman–Crippen MR) is 86.5 cm³/mol. The van der Waals surface area contributed by atoms with Crippen molar-refractivity contribution in [3.05, 3.63) is 53.1 Å². The molecule has 0 spiro atoms. The summed E-state index contributed by atoms with van der Waals surface area (Å²) in [5.41, 5.74) is 1.12. The number of benzene rings is 2. The van der Waals surface area contributed by atoms with Gasteiger partial charge in [-0.25, -0.2) is 0 Å². The van der Waals surface area contributed by atoms with Crippen LogP contribution in [0.4, 0.5) is 0 Å². The number of rotatable bonds is 7. The van der Waals surface area contributed by atoms with Gasteiger partial charge in [0.2, 0.25) is 0 Å². The molecule has 112 valence electrons. The average molecular weight is 306 g/mol. The highest BCUT2D eigenvalue weighted by Crippen LogP contribution is 2.35. The molecule has 0 aliphatic rings. The third kappa shape index (κ3) is 4.38. The van der Waals surface area contributed by atoms with Crippen molar-refractivity contribution in [1.82, 2.24) is 5.32 Å². The van der Waals surface area contributed by atoms with Crippen LogP contribution in [0.15, 0.2) is 42.5 Å². The lowest BCUT2D eigenvalue weighted by molar-refractivity contribution is 0.302. The molecule has 21 heavy (non-hydrogen) atoms. The van der Waals surface area contributed by atoms with Gasteiger partial charge in [0, 0.05) is 6.54 Å². The van der Waals surface area contributed by atoms with Crippen molar-refractivity contribution in [3.63, 3.8) is 0 Å². The van der Waals surface area contributed by atoms with Gasteiger partial charge in [0.05, 0.1) is 11.6 Å². The molecule has 3 nitrogen and oxygen atoms in total. The first-order chi connectivity index (χ1) is 10.2. The van der Waals surface area contributed by atoms with Crippen molar-refractivity contribution >= 4 is 11.6 Å². The molecule has 2 aromatic rings. The van der Waals surface area contributed by atoms with Crippen molar-refractivity contribution in [3.8, 4) is 17.2 Å². The molecule has 2 aromatic carbocycles. The fourth-order valence-corrected chi connectivity index (χ4v) is 2.17. The lowest BCUT2D eigenvalue weighted by Gasteiger charge is -2.13. The minimum Gasteiger partial charge on any atom is -0.490 e. The SMILES string of the molecule is CCCOc1ccccc1Oc1ccc(CNC)cc1Cl. The maximum absolute atomic E-state index is 6.28. The largest absolute Gasteiger partial charge is 0.490 e. The fraction of sp³-hybridized carbons (Fsp3) is 0.294. The Balaban J connectivity index is 2.18. The van der Waals surface area contributed by atoms with Gasteiger partial charge in [0.25, 0.3) is 0 Å². The standard InChI is InChI=1S/C17H20ClNO2/c1-3-10-20-16-6-4-5-7-17(16)21-15-9-8-13(12-19-2)11-14(15)18/h4-9,11,19H,3,10,12H2,1-2H3. The molecule has 4 heteroatoms. The van der Waals surface area contributed by atoms with Gasteiger partial charge < -0.3 is 14.8 Å². The molecular weight excluding hydrogens is 286 g/mol. The summed E-state index contributed by atoms with van der Waals surface area (Å²) in [6.07, 6.45) is 0.952. The van der Waals surface area contributed by atoms with Gasteiger partial charge in [-0.2, -0.15) is 0 Å². The van der Waals surface area contributed by atoms with Gasteiger partial charge in [-0.1, -0.05) is 36.7 Å². The van der Waals surface area contributed by atoms with Crippen LogP contribution in [0.25, 0.3) is 0 Å². The highest BCUT2D eigenvalue weighted by molar-refractivity contribution is 6.32. The van der Waals surface area contributed by atoms with Gasteiger partial charge in [-0.3, -0.25) is 0 Å². The molecule has 0 amide bonds. The Kier molecular flexibility index (Phi) is 5.90. The molecule has 2 rings (SSSR count). The highest BCUT2D eigenvalue weighted by Gasteiger charge is 2.08. The summed E-state index contributed by atoms with van der Waals surface area (Å²) in [6, 6.07) is 13.4. The first-order valence-corrected chi connectivity index (χ1v) is 7.45. The normalized spacial score (nSPS) is 10.4. The molecular formula is C17H20ClNO2. The topological polar surface area (TPSA) is 30.5 Å². The summed E-state index contributed by atoms with van der Waals surface area (Å²) >= 11 is 6.28. The maximum atomic E-state index is 6.28. The molecule has 0 saturated heterocycles. The molecule has 0 aliphatic heterocycles. The molecule has 0 unspecified atom stereocenters. The summed E-state index contributed by atoms with van der Waals surface area (Å²) in [5.74, 6) is 2.04. The number of nitrogens with one attached hydrogen (secondary N) is 1. The Bertz CT molecular complexity index is 587. The van der Waals surface area contributed by atoms with Crippen molar-refractivity contribution in [1.29, 1.82) is 0 Å². The van der Waals surface area contributed by atoms with Gasteiger partial charge in [0.1, 0.15) is 5.75 Å². The van der Waals surface area contributed by atoms with Crippen LogP contribution in [-0.4, -0.2) is 13.7 Å². The monoisotopic (exact) mass is 305 g/mol. The fourth-order valence-electron chi connectivity index (χ4n) is 1.93. The summed E-state index contributed by atoms with van der Waals surface area (Å²) in [5, 5.41) is 3.68. The molecule has 0 bridgehead atoms.